The van der Waals surface area contributed by atoms with Crippen molar-refractivity contribution >= 4 is 28.3 Å². The first-order chi connectivity index (χ1) is 11.8. The highest BCUT2D eigenvalue weighted by molar-refractivity contribution is 7.15. The van der Waals surface area contributed by atoms with Crippen molar-refractivity contribution in [2.75, 3.05) is 18.4 Å². The number of carbonyl (C=O) groups is 2. The quantitative estimate of drug-likeness (QED) is 0.883. The van der Waals surface area contributed by atoms with E-state index in [9.17, 15) is 22.8 Å². The average molecular weight is 375 g/mol. The summed E-state index contributed by atoms with van der Waals surface area (Å²) in [5, 5.41) is 3.18. The van der Waals surface area contributed by atoms with Crippen molar-refractivity contribution < 1.29 is 22.8 Å². The summed E-state index contributed by atoms with van der Waals surface area (Å²) in [5.74, 6) is -1.83. The third kappa shape index (κ3) is 4.71. The zero-order valence-electron chi connectivity index (χ0n) is 13.7. The molecule has 0 radical (unpaired) electrons. The van der Waals surface area contributed by atoms with Crippen molar-refractivity contribution in [1.82, 2.24) is 9.88 Å². The number of anilines is 1. The average Bonchev–Trinajstić information content (AvgIpc) is 3.02. The van der Waals surface area contributed by atoms with Crippen LogP contribution in [0.5, 0.6) is 0 Å². The van der Waals surface area contributed by atoms with E-state index in [2.05, 4.69) is 10.3 Å². The van der Waals surface area contributed by atoms with Crippen molar-refractivity contribution in [2.45, 2.75) is 51.1 Å². The minimum absolute atomic E-state index is 0.187. The van der Waals surface area contributed by atoms with E-state index in [4.69, 9.17) is 0 Å². The van der Waals surface area contributed by atoms with Gasteiger partial charge in [0, 0.05) is 17.8 Å². The molecule has 1 N–H and O–H groups in total. The zero-order valence-corrected chi connectivity index (χ0v) is 14.5. The molecule has 2 aliphatic rings. The zero-order chi connectivity index (χ0) is 18.0. The fraction of sp³-hybridized carbons (Fsp3) is 0.688. The minimum atomic E-state index is -4.45. The molecule has 1 saturated heterocycles. The molecule has 1 fully saturated rings. The second-order valence-corrected chi connectivity index (χ2v) is 7.67. The molecule has 1 aliphatic carbocycles. The lowest BCUT2D eigenvalue weighted by Gasteiger charge is -2.18. The summed E-state index contributed by atoms with van der Waals surface area (Å²) in [4.78, 5) is 30.3. The maximum atomic E-state index is 12.5. The molecule has 2 heterocycles. The molecule has 1 aromatic heterocycles. The molecule has 0 bridgehead atoms. The fourth-order valence-corrected chi connectivity index (χ4v) is 4.34. The Bertz CT molecular complexity index is 634. The van der Waals surface area contributed by atoms with Gasteiger partial charge in [0.05, 0.1) is 11.6 Å². The van der Waals surface area contributed by atoms with E-state index in [1.165, 1.54) is 29.1 Å². The number of aromatic nitrogens is 1. The lowest BCUT2D eigenvalue weighted by atomic mass is 10.0. The first-order valence-corrected chi connectivity index (χ1v) is 9.27. The molecule has 25 heavy (non-hydrogen) atoms. The number of carbonyl (C=O) groups excluding carboxylic acids is 2. The number of nitrogens with one attached hydrogen (secondary N) is 1. The fourth-order valence-electron chi connectivity index (χ4n) is 3.28. The van der Waals surface area contributed by atoms with Crippen molar-refractivity contribution in [2.24, 2.45) is 5.92 Å². The van der Waals surface area contributed by atoms with Crippen LogP contribution in [0, 0.1) is 5.92 Å². The van der Waals surface area contributed by atoms with E-state index in [0.29, 0.717) is 10.0 Å². The van der Waals surface area contributed by atoms with Gasteiger partial charge >= 0.3 is 6.18 Å². The molecule has 1 aromatic rings. The summed E-state index contributed by atoms with van der Waals surface area (Å²) >= 11 is 1.44. The van der Waals surface area contributed by atoms with Gasteiger partial charge in [-0.2, -0.15) is 13.2 Å². The van der Waals surface area contributed by atoms with Gasteiger partial charge in [-0.1, -0.05) is 12.8 Å². The van der Waals surface area contributed by atoms with Crippen molar-refractivity contribution in [3.8, 4) is 0 Å². The largest absolute Gasteiger partial charge is 0.406 e. The van der Waals surface area contributed by atoms with Crippen molar-refractivity contribution in [3.05, 3.63) is 10.6 Å². The summed E-state index contributed by atoms with van der Waals surface area (Å²) in [6.07, 6.45) is 1.75. The number of hydrogen-bond donors (Lipinski definition) is 1. The topological polar surface area (TPSA) is 62.3 Å². The highest BCUT2D eigenvalue weighted by Crippen LogP contribution is 2.30. The van der Waals surface area contributed by atoms with E-state index < -0.39 is 30.5 Å². The van der Waals surface area contributed by atoms with Crippen LogP contribution in [0.1, 0.15) is 42.7 Å². The van der Waals surface area contributed by atoms with Gasteiger partial charge in [0.25, 0.3) is 0 Å². The standard InChI is InChI=1S/C16H20F3N3O2S/c17-16(18,19)9-22-8-10(7-13(22)23)14(24)21-15-20-11-5-3-1-2-4-6-12(11)25-15/h10H,1-9H2,(H,20,21,24). The van der Waals surface area contributed by atoms with Gasteiger partial charge in [0.15, 0.2) is 5.13 Å². The lowest BCUT2D eigenvalue weighted by Crippen LogP contribution is -2.36. The summed E-state index contributed by atoms with van der Waals surface area (Å²) in [7, 11) is 0. The number of nitrogens with zero attached hydrogens (tertiary/aromatic N) is 2. The smallest absolute Gasteiger partial charge is 0.333 e. The molecular weight excluding hydrogens is 355 g/mol. The number of alkyl halides is 3. The van der Waals surface area contributed by atoms with Crippen LogP contribution in [0.15, 0.2) is 0 Å². The van der Waals surface area contributed by atoms with E-state index in [1.54, 1.807) is 0 Å². The summed E-state index contributed by atoms with van der Waals surface area (Å²) in [6, 6.07) is 0. The molecular formula is C16H20F3N3O2S. The molecule has 3 rings (SSSR count). The first kappa shape index (κ1) is 18.2. The summed E-state index contributed by atoms with van der Waals surface area (Å²) in [5.41, 5.74) is 1.01. The van der Waals surface area contributed by atoms with Crippen LogP contribution in [0.2, 0.25) is 0 Å². The Kier molecular flexibility index (Phi) is 5.31. The summed E-state index contributed by atoms with van der Waals surface area (Å²) < 4.78 is 37.4. The van der Waals surface area contributed by atoms with Gasteiger partial charge < -0.3 is 10.2 Å². The Labute approximate surface area is 147 Å². The van der Waals surface area contributed by atoms with Gasteiger partial charge in [-0.05, 0) is 25.7 Å². The molecule has 9 heteroatoms. The van der Waals surface area contributed by atoms with E-state index >= 15 is 0 Å². The molecule has 0 saturated carbocycles. The second-order valence-electron chi connectivity index (χ2n) is 6.58. The molecule has 0 spiro atoms. The van der Waals surface area contributed by atoms with Crippen LogP contribution in [0.3, 0.4) is 0 Å². The predicted molar refractivity (Wildman–Crippen MR) is 87.4 cm³/mol. The minimum Gasteiger partial charge on any atom is -0.333 e. The maximum absolute atomic E-state index is 12.5. The van der Waals surface area contributed by atoms with Crippen LogP contribution in [0.4, 0.5) is 18.3 Å². The Morgan fingerprint density at radius 2 is 1.96 bits per heavy atom. The number of rotatable bonds is 3. The molecule has 2 amide bonds. The number of hydrogen-bond acceptors (Lipinski definition) is 4. The number of fused-ring (bicyclic) bond motifs is 1. The highest BCUT2D eigenvalue weighted by Gasteiger charge is 2.40. The molecule has 1 aliphatic heterocycles. The summed E-state index contributed by atoms with van der Waals surface area (Å²) in [6.45, 7) is -1.50. The Morgan fingerprint density at radius 1 is 1.24 bits per heavy atom. The third-order valence-corrected chi connectivity index (χ3v) is 5.60. The molecule has 1 unspecified atom stereocenters. The van der Waals surface area contributed by atoms with Crippen molar-refractivity contribution in [1.29, 1.82) is 0 Å². The number of thiazole rings is 1. The highest BCUT2D eigenvalue weighted by atomic mass is 32.1. The third-order valence-electron chi connectivity index (χ3n) is 4.53. The van der Waals surface area contributed by atoms with E-state index in [-0.39, 0.29) is 13.0 Å². The Balaban J connectivity index is 1.61. The normalized spacial score (nSPS) is 21.6. The van der Waals surface area contributed by atoms with Gasteiger partial charge in [-0.3, -0.25) is 9.59 Å². The Morgan fingerprint density at radius 3 is 2.68 bits per heavy atom. The van der Waals surface area contributed by atoms with Crippen LogP contribution >= 0.6 is 11.3 Å². The number of halogens is 3. The van der Waals surface area contributed by atoms with Crippen LogP contribution < -0.4 is 5.32 Å². The monoisotopic (exact) mass is 375 g/mol. The molecule has 5 nitrogen and oxygen atoms in total. The number of likely N-dealkylation sites (tertiary alicyclic amines) is 1. The van der Waals surface area contributed by atoms with E-state index in [1.807, 2.05) is 0 Å². The lowest BCUT2D eigenvalue weighted by molar-refractivity contribution is -0.157. The van der Waals surface area contributed by atoms with Gasteiger partial charge in [0.2, 0.25) is 11.8 Å². The number of amides is 2. The first-order valence-electron chi connectivity index (χ1n) is 8.46. The SMILES string of the molecule is O=C(Nc1nc2c(s1)CCCCCC2)C1CC(=O)N(CC(F)(F)F)C1. The van der Waals surface area contributed by atoms with Gasteiger partial charge in [0.1, 0.15) is 6.54 Å². The van der Waals surface area contributed by atoms with Gasteiger partial charge in [-0.25, -0.2) is 4.98 Å². The maximum Gasteiger partial charge on any atom is 0.406 e. The van der Waals surface area contributed by atoms with Crippen molar-refractivity contribution in [3.63, 3.8) is 0 Å². The number of aryl methyl sites for hydroxylation is 2. The second kappa shape index (κ2) is 7.31. The Hall–Kier alpha value is -1.64. The molecule has 0 aromatic carbocycles. The van der Waals surface area contributed by atoms with Crippen LogP contribution in [0.25, 0.3) is 0 Å². The van der Waals surface area contributed by atoms with E-state index in [0.717, 1.165) is 31.4 Å². The predicted octanol–water partition coefficient (Wildman–Crippen LogP) is 3.15. The van der Waals surface area contributed by atoms with Crippen LogP contribution in [-0.4, -0.2) is 41.0 Å². The van der Waals surface area contributed by atoms with Gasteiger partial charge in [-0.15, -0.1) is 11.3 Å². The van der Waals surface area contributed by atoms with Crippen LogP contribution in [-0.2, 0) is 22.4 Å². The molecule has 1 atom stereocenters. The molecule has 138 valence electrons.